The molecule has 1 aliphatic carbocycles. The summed E-state index contributed by atoms with van der Waals surface area (Å²) in [5.74, 6) is 0.425. The van der Waals surface area contributed by atoms with Crippen LogP contribution in [-0.4, -0.2) is 16.3 Å². The van der Waals surface area contributed by atoms with Crippen LogP contribution in [0.25, 0.3) is 0 Å². The molecular formula is C14H20O2. The van der Waals surface area contributed by atoms with Crippen molar-refractivity contribution in [3.05, 3.63) is 35.4 Å². The molecule has 2 heteroatoms. The Hall–Kier alpha value is -0.860. The summed E-state index contributed by atoms with van der Waals surface area (Å²) < 4.78 is 0. The van der Waals surface area contributed by atoms with E-state index in [1.165, 1.54) is 18.4 Å². The van der Waals surface area contributed by atoms with Gasteiger partial charge in [-0.25, -0.2) is 0 Å². The van der Waals surface area contributed by atoms with Crippen molar-refractivity contribution in [2.45, 2.75) is 44.8 Å². The van der Waals surface area contributed by atoms with Gasteiger partial charge in [0, 0.05) is 0 Å². The highest BCUT2D eigenvalue weighted by atomic mass is 16.3. The highest BCUT2D eigenvalue weighted by Gasteiger charge is 2.22. The predicted molar refractivity (Wildman–Crippen MR) is 64.0 cm³/mol. The maximum absolute atomic E-state index is 9.89. The average molecular weight is 220 g/mol. The molecule has 0 saturated heterocycles. The largest absolute Gasteiger partial charge is 0.393 e. The first kappa shape index (κ1) is 11.6. The van der Waals surface area contributed by atoms with Crippen LogP contribution >= 0.6 is 0 Å². The third-order valence-electron chi connectivity index (χ3n) is 3.57. The van der Waals surface area contributed by atoms with Gasteiger partial charge < -0.3 is 10.2 Å². The van der Waals surface area contributed by atoms with Crippen LogP contribution < -0.4 is 0 Å². The molecule has 16 heavy (non-hydrogen) atoms. The Morgan fingerprint density at radius 3 is 2.25 bits per heavy atom. The topological polar surface area (TPSA) is 40.5 Å². The molecule has 0 radical (unpaired) electrons. The molecule has 88 valence electrons. The molecule has 2 rings (SSSR count). The van der Waals surface area contributed by atoms with E-state index < -0.39 is 0 Å². The van der Waals surface area contributed by atoms with Crippen molar-refractivity contribution in [3.8, 4) is 0 Å². The number of aliphatic hydroxyl groups excluding tert-OH is 2. The van der Waals surface area contributed by atoms with E-state index >= 15 is 0 Å². The molecule has 1 saturated carbocycles. The van der Waals surface area contributed by atoms with Crippen LogP contribution in [0.1, 0.15) is 36.8 Å². The lowest BCUT2D eigenvalue weighted by Gasteiger charge is -2.27. The van der Waals surface area contributed by atoms with Crippen LogP contribution in [0.3, 0.4) is 0 Å². The van der Waals surface area contributed by atoms with Gasteiger partial charge in [-0.3, -0.25) is 0 Å². The van der Waals surface area contributed by atoms with E-state index in [1.54, 1.807) is 0 Å². The van der Waals surface area contributed by atoms with E-state index in [-0.39, 0.29) is 12.7 Å². The maximum atomic E-state index is 9.89. The van der Waals surface area contributed by atoms with Crippen molar-refractivity contribution in [2.24, 2.45) is 5.92 Å². The molecule has 2 N–H and O–H groups in total. The Labute approximate surface area is 96.9 Å². The molecule has 0 aromatic heterocycles. The fourth-order valence-corrected chi connectivity index (χ4v) is 2.51. The Morgan fingerprint density at radius 1 is 1.00 bits per heavy atom. The third kappa shape index (κ3) is 2.83. The first-order valence-corrected chi connectivity index (χ1v) is 6.16. The highest BCUT2D eigenvalue weighted by Crippen LogP contribution is 2.27. The summed E-state index contributed by atoms with van der Waals surface area (Å²) in [5.41, 5.74) is 2.22. The monoisotopic (exact) mass is 220 g/mol. The second kappa shape index (κ2) is 5.46. The summed E-state index contributed by atoms with van der Waals surface area (Å²) in [6, 6.07) is 8.05. The van der Waals surface area contributed by atoms with Crippen molar-refractivity contribution in [2.75, 3.05) is 0 Å². The van der Waals surface area contributed by atoms with Gasteiger partial charge in [0.15, 0.2) is 0 Å². The van der Waals surface area contributed by atoms with Gasteiger partial charge in [-0.1, -0.05) is 37.1 Å². The fraction of sp³-hybridized carbons (Fsp3) is 0.571. The Morgan fingerprint density at radius 2 is 1.62 bits per heavy atom. The molecule has 0 amide bonds. The summed E-state index contributed by atoms with van der Waals surface area (Å²) in [6.07, 6.45) is 5.36. The average Bonchev–Trinajstić information content (AvgIpc) is 2.33. The van der Waals surface area contributed by atoms with Gasteiger partial charge in [-0.05, 0) is 36.3 Å². The van der Waals surface area contributed by atoms with Gasteiger partial charge in [-0.2, -0.15) is 0 Å². The fourth-order valence-electron chi connectivity index (χ4n) is 2.51. The SMILES string of the molecule is OCc1ccc(CC2CCCCC2O)cc1. The van der Waals surface area contributed by atoms with Crippen LogP contribution in [0.5, 0.6) is 0 Å². The second-order valence-electron chi connectivity index (χ2n) is 4.79. The van der Waals surface area contributed by atoms with Crippen LogP contribution in [0, 0.1) is 5.92 Å². The minimum atomic E-state index is -0.119. The van der Waals surface area contributed by atoms with Gasteiger partial charge in [0.2, 0.25) is 0 Å². The zero-order chi connectivity index (χ0) is 11.4. The van der Waals surface area contributed by atoms with Crippen LogP contribution in [-0.2, 0) is 13.0 Å². The van der Waals surface area contributed by atoms with Gasteiger partial charge in [0.25, 0.3) is 0 Å². The maximum Gasteiger partial charge on any atom is 0.0681 e. The summed E-state index contributed by atoms with van der Waals surface area (Å²) in [4.78, 5) is 0. The Bertz CT molecular complexity index is 318. The van der Waals surface area contributed by atoms with Crippen molar-refractivity contribution in [1.82, 2.24) is 0 Å². The molecule has 1 fully saturated rings. The quantitative estimate of drug-likeness (QED) is 0.820. The molecule has 1 aliphatic rings. The van der Waals surface area contributed by atoms with E-state index in [1.807, 2.05) is 12.1 Å². The smallest absolute Gasteiger partial charge is 0.0681 e. The Kier molecular flexibility index (Phi) is 3.97. The molecule has 0 bridgehead atoms. The van der Waals surface area contributed by atoms with Crippen LogP contribution in [0.2, 0.25) is 0 Å². The molecule has 2 nitrogen and oxygen atoms in total. The number of rotatable bonds is 3. The lowest BCUT2D eigenvalue weighted by molar-refractivity contribution is 0.0700. The molecule has 0 aliphatic heterocycles. The van der Waals surface area contributed by atoms with Crippen molar-refractivity contribution >= 4 is 0 Å². The number of aliphatic hydroxyl groups is 2. The normalized spacial score (nSPS) is 25.6. The van der Waals surface area contributed by atoms with Gasteiger partial charge >= 0.3 is 0 Å². The van der Waals surface area contributed by atoms with E-state index in [0.29, 0.717) is 5.92 Å². The molecule has 2 atom stereocenters. The van der Waals surface area contributed by atoms with Gasteiger partial charge in [0.1, 0.15) is 0 Å². The number of benzene rings is 1. The lowest BCUT2D eigenvalue weighted by Crippen LogP contribution is -2.26. The third-order valence-corrected chi connectivity index (χ3v) is 3.57. The number of hydrogen-bond acceptors (Lipinski definition) is 2. The molecule has 1 aromatic rings. The van der Waals surface area contributed by atoms with Crippen LogP contribution in [0.4, 0.5) is 0 Å². The van der Waals surface area contributed by atoms with E-state index in [4.69, 9.17) is 5.11 Å². The number of hydrogen-bond donors (Lipinski definition) is 2. The summed E-state index contributed by atoms with van der Waals surface area (Å²) >= 11 is 0. The molecule has 0 spiro atoms. The standard InChI is InChI=1S/C14H20O2/c15-10-12-7-5-11(6-8-12)9-13-3-1-2-4-14(13)16/h5-8,13-16H,1-4,9-10H2. The zero-order valence-electron chi connectivity index (χ0n) is 9.60. The summed E-state index contributed by atoms with van der Waals surface area (Å²) in [5, 5.41) is 18.8. The van der Waals surface area contributed by atoms with Crippen molar-refractivity contribution in [3.63, 3.8) is 0 Å². The van der Waals surface area contributed by atoms with E-state index in [9.17, 15) is 5.11 Å². The van der Waals surface area contributed by atoms with Crippen LogP contribution in [0.15, 0.2) is 24.3 Å². The summed E-state index contributed by atoms with van der Waals surface area (Å²) in [6.45, 7) is 0.104. The predicted octanol–water partition coefficient (Wildman–Crippen LogP) is 2.27. The molecular weight excluding hydrogens is 200 g/mol. The van der Waals surface area contributed by atoms with E-state index in [2.05, 4.69) is 12.1 Å². The first-order valence-electron chi connectivity index (χ1n) is 6.16. The van der Waals surface area contributed by atoms with Crippen molar-refractivity contribution < 1.29 is 10.2 Å². The van der Waals surface area contributed by atoms with Crippen molar-refractivity contribution in [1.29, 1.82) is 0 Å². The minimum absolute atomic E-state index is 0.104. The first-order chi connectivity index (χ1) is 7.79. The van der Waals surface area contributed by atoms with Gasteiger partial charge in [0.05, 0.1) is 12.7 Å². The molecule has 1 aromatic carbocycles. The zero-order valence-corrected chi connectivity index (χ0v) is 9.60. The second-order valence-corrected chi connectivity index (χ2v) is 4.79. The molecule has 2 unspecified atom stereocenters. The Balaban J connectivity index is 1.96. The lowest BCUT2D eigenvalue weighted by atomic mass is 9.82. The summed E-state index contributed by atoms with van der Waals surface area (Å²) in [7, 11) is 0. The highest BCUT2D eigenvalue weighted by molar-refractivity contribution is 5.22. The van der Waals surface area contributed by atoms with Gasteiger partial charge in [-0.15, -0.1) is 0 Å². The van der Waals surface area contributed by atoms with E-state index in [0.717, 1.165) is 24.8 Å². The molecule has 0 heterocycles. The minimum Gasteiger partial charge on any atom is -0.393 e.